The maximum Gasteiger partial charge on any atom is 0.0445 e. The Bertz CT molecular complexity index is 479. The highest BCUT2D eigenvalue weighted by Gasteiger charge is 2.06. The highest BCUT2D eigenvalue weighted by atomic mass is 15.1. The molecule has 1 aromatic heterocycles. The first-order valence-electron chi connectivity index (χ1n) is 6.76. The van der Waals surface area contributed by atoms with E-state index in [1.165, 1.54) is 16.8 Å². The van der Waals surface area contributed by atoms with Crippen molar-refractivity contribution in [1.29, 1.82) is 0 Å². The monoisotopic (exact) mass is 255 g/mol. The molecular weight excluding hydrogens is 234 g/mol. The van der Waals surface area contributed by atoms with Crippen molar-refractivity contribution in [3.05, 3.63) is 59.9 Å². The Morgan fingerprint density at radius 3 is 2.47 bits per heavy atom. The van der Waals surface area contributed by atoms with Crippen molar-refractivity contribution in [3.63, 3.8) is 0 Å². The van der Waals surface area contributed by atoms with Gasteiger partial charge in [-0.15, -0.1) is 0 Å². The Kier molecular flexibility index (Phi) is 4.93. The minimum Gasteiger partial charge on any atom is -0.366 e. The van der Waals surface area contributed by atoms with Crippen molar-refractivity contribution in [2.75, 3.05) is 18.0 Å². The van der Waals surface area contributed by atoms with Gasteiger partial charge >= 0.3 is 0 Å². The lowest BCUT2D eigenvalue weighted by molar-refractivity contribution is 0.787. The van der Waals surface area contributed by atoms with E-state index in [1.54, 1.807) is 6.20 Å². The molecule has 2 aromatic rings. The second kappa shape index (κ2) is 6.90. The molecule has 0 fully saturated rings. The van der Waals surface area contributed by atoms with Crippen LogP contribution in [-0.2, 0) is 13.0 Å². The maximum atomic E-state index is 5.72. The lowest BCUT2D eigenvalue weighted by Crippen LogP contribution is -2.28. The first kappa shape index (κ1) is 13.6. The zero-order valence-corrected chi connectivity index (χ0v) is 11.4. The van der Waals surface area contributed by atoms with Crippen molar-refractivity contribution in [3.8, 4) is 0 Å². The van der Waals surface area contributed by atoms with E-state index < -0.39 is 0 Å². The molecule has 0 atom stereocenters. The van der Waals surface area contributed by atoms with Crippen molar-refractivity contribution < 1.29 is 0 Å². The molecule has 2 rings (SSSR count). The summed E-state index contributed by atoms with van der Waals surface area (Å²) < 4.78 is 0. The second-order valence-electron chi connectivity index (χ2n) is 4.59. The number of pyridine rings is 1. The molecular formula is C16H21N3. The molecule has 19 heavy (non-hydrogen) atoms. The van der Waals surface area contributed by atoms with Gasteiger partial charge in [0.2, 0.25) is 0 Å². The van der Waals surface area contributed by atoms with Crippen molar-refractivity contribution >= 4 is 5.69 Å². The Balaban J connectivity index is 2.14. The van der Waals surface area contributed by atoms with Gasteiger partial charge in [-0.05, 0) is 35.7 Å². The third kappa shape index (κ3) is 3.80. The van der Waals surface area contributed by atoms with Crippen LogP contribution in [0.1, 0.15) is 18.1 Å². The van der Waals surface area contributed by atoms with Crippen LogP contribution in [0, 0.1) is 0 Å². The Hall–Kier alpha value is -1.87. The largest absolute Gasteiger partial charge is 0.366 e. The van der Waals surface area contributed by atoms with Gasteiger partial charge in [0, 0.05) is 37.7 Å². The quantitative estimate of drug-likeness (QED) is 0.862. The number of aryl methyl sites for hydroxylation is 1. The average Bonchev–Trinajstić information content (AvgIpc) is 2.48. The van der Waals surface area contributed by atoms with E-state index in [-0.39, 0.29) is 0 Å². The van der Waals surface area contributed by atoms with Crippen LogP contribution in [0.5, 0.6) is 0 Å². The lowest BCUT2D eigenvalue weighted by atomic mass is 10.1. The summed E-state index contributed by atoms with van der Waals surface area (Å²) in [4.78, 5) is 6.45. The smallest absolute Gasteiger partial charge is 0.0445 e. The second-order valence-corrected chi connectivity index (χ2v) is 4.59. The minimum absolute atomic E-state index is 0.649. The molecule has 0 spiro atoms. The predicted molar refractivity (Wildman–Crippen MR) is 80.2 cm³/mol. The summed E-state index contributed by atoms with van der Waals surface area (Å²) >= 11 is 0. The van der Waals surface area contributed by atoms with Crippen LogP contribution in [0.3, 0.4) is 0 Å². The van der Waals surface area contributed by atoms with Crippen LogP contribution in [0.15, 0.2) is 48.8 Å². The van der Waals surface area contributed by atoms with Crippen LogP contribution in [0.25, 0.3) is 0 Å². The molecule has 0 bridgehead atoms. The minimum atomic E-state index is 0.649. The Morgan fingerprint density at radius 1 is 1.11 bits per heavy atom. The number of nitrogens with two attached hydrogens (primary N) is 1. The fraction of sp³-hybridized carbons (Fsp3) is 0.312. The van der Waals surface area contributed by atoms with Gasteiger partial charge < -0.3 is 10.6 Å². The molecule has 0 radical (unpaired) electrons. The summed E-state index contributed by atoms with van der Waals surface area (Å²) in [6, 6.07) is 12.8. The van der Waals surface area contributed by atoms with Gasteiger partial charge in [0.05, 0.1) is 0 Å². The summed E-state index contributed by atoms with van der Waals surface area (Å²) in [7, 11) is 0. The van der Waals surface area contributed by atoms with Gasteiger partial charge in [-0.1, -0.05) is 25.1 Å². The molecule has 3 heteroatoms. The third-order valence-electron chi connectivity index (χ3n) is 3.20. The zero-order valence-electron chi connectivity index (χ0n) is 11.4. The number of nitrogens with zero attached hydrogens (tertiary/aromatic N) is 2. The third-order valence-corrected chi connectivity index (χ3v) is 3.20. The summed E-state index contributed by atoms with van der Waals surface area (Å²) in [6.45, 7) is 4.51. The average molecular weight is 255 g/mol. The van der Waals surface area contributed by atoms with E-state index in [0.29, 0.717) is 6.54 Å². The van der Waals surface area contributed by atoms with Crippen molar-refractivity contribution in [2.24, 2.45) is 5.73 Å². The number of anilines is 1. The SMILES string of the molecule is CCc1ccc(N(CCN)Cc2cccnc2)cc1. The Labute approximate surface area is 115 Å². The molecule has 0 aliphatic rings. The highest BCUT2D eigenvalue weighted by molar-refractivity contribution is 5.48. The van der Waals surface area contributed by atoms with Crippen LogP contribution in [-0.4, -0.2) is 18.1 Å². The van der Waals surface area contributed by atoms with Gasteiger partial charge in [0.25, 0.3) is 0 Å². The molecule has 0 aliphatic heterocycles. The van der Waals surface area contributed by atoms with Gasteiger partial charge in [0.15, 0.2) is 0 Å². The molecule has 0 unspecified atom stereocenters. The topological polar surface area (TPSA) is 42.1 Å². The van der Waals surface area contributed by atoms with Crippen molar-refractivity contribution in [2.45, 2.75) is 19.9 Å². The number of rotatable bonds is 6. The fourth-order valence-electron chi connectivity index (χ4n) is 2.11. The lowest BCUT2D eigenvalue weighted by Gasteiger charge is -2.24. The van der Waals surface area contributed by atoms with Crippen LogP contribution in [0.4, 0.5) is 5.69 Å². The van der Waals surface area contributed by atoms with Crippen LogP contribution < -0.4 is 10.6 Å². The number of hydrogen-bond acceptors (Lipinski definition) is 3. The molecule has 0 aliphatic carbocycles. The van der Waals surface area contributed by atoms with Gasteiger partial charge in [-0.25, -0.2) is 0 Å². The normalized spacial score (nSPS) is 10.4. The molecule has 0 saturated heterocycles. The molecule has 2 N–H and O–H groups in total. The number of hydrogen-bond donors (Lipinski definition) is 1. The van der Waals surface area contributed by atoms with E-state index in [9.17, 15) is 0 Å². The van der Waals surface area contributed by atoms with E-state index in [2.05, 4.69) is 47.1 Å². The summed E-state index contributed by atoms with van der Waals surface area (Å²) in [6.07, 6.45) is 4.77. The summed E-state index contributed by atoms with van der Waals surface area (Å²) in [5.74, 6) is 0. The van der Waals surface area contributed by atoms with Crippen LogP contribution >= 0.6 is 0 Å². The number of aromatic nitrogens is 1. The van der Waals surface area contributed by atoms with Gasteiger partial charge in [-0.3, -0.25) is 4.98 Å². The summed E-state index contributed by atoms with van der Waals surface area (Å²) in [5.41, 5.74) is 9.50. The molecule has 0 amide bonds. The summed E-state index contributed by atoms with van der Waals surface area (Å²) in [5, 5.41) is 0. The van der Waals surface area contributed by atoms with E-state index in [4.69, 9.17) is 5.73 Å². The molecule has 100 valence electrons. The number of benzene rings is 1. The van der Waals surface area contributed by atoms with E-state index in [0.717, 1.165) is 19.5 Å². The zero-order chi connectivity index (χ0) is 13.5. The predicted octanol–water partition coefficient (Wildman–Crippen LogP) is 2.61. The highest BCUT2D eigenvalue weighted by Crippen LogP contribution is 2.17. The standard InChI is InChI=1S/C16H21N3/c1-2-14-5-7-16(8-6-14)19(11-9-17)13-15-4-3-10-18-12-15/h3-8,10,12H,2,9,11,13,17H2,1H3. The van der Waals surface area contributed by atoms with Crippen molar-refractivity contribution in [1.82, 2.24) is 4.98 Å². The molecule has 1 heterocycles. The molecule has 3 nitrogen and oxygen atoms in total. The fourth-order valence-corrected chi connectivity index (χ4v) is 2.11. The van der Waals surface area contributed by atoms with E-state index in [1.807, 2.05) is 12.3 Å². The van der Waals surface area contributed by atoms with E-state index >= 15 is 0 Å². The first-order chi connectivity index (χ1) is 9.33. The molecule has 0 saturated carbocycles. The first-order valence-corrected chi connectivity index (χ1v) is 6.76. The maximum absolute atomic E-state index is 5.72. The van der Waals surface area contributed by atoms with Crippen LogP contribution in [0.2, 0.25) is 0 Å². The van der Waals surface area contributed by atoms with Gasteiger partial charge in [0.1, 0.15) is 0 Å². The van der Waals surface area contributed by atoms with Gasteiger partial charge in [-0.2, -0.15) is 0 Å². The molecule has 1 aromatic carbocycles. The Morgan fingerprint density at radius 2 is 1.89 bits per heavy atom.